The maximum atomic E-state index is 13.0. The van der Waals surface area contributed by atoms with Gasteiger partial charge < -0.3 is 19.5 Å². The maximum absolute atomic E-state index is 13.0. The summed E-state index contributed by atoms with van der Waals surface area (Å²) in [6.07, 6.45) is 0. The van der Waals surface area contributed by atoms with E-state index in [1.54, 1.807) is 29.6 Å². The SMILES string of the molecule is COc1cc(C(=O)c2csc(Nc3ccc(F)cc3)n2)cc(OC)c1OC.Cl. The largest absolute Gasteiger partial charge is 0.493 e. The first kappa shape index (κ1) is 21.5. The molecule has 0 atom stereocenters. The number of aromatic nitrogens is 1. The number of anilines is 2. The lowest BCUT2D eigenvalue weighted by molar-refractivity contribution is 0.103. The van der Waals surface area contributed by atoms with Crippen LogP contribution in [0.2, 0.25) is 0 Å². The van der Waals surface area contributed by atoms with Gasteiger partial charge in [0.25, 0.3) is 0 Å². The molecule has 6 nitrogen and oxygen atoms in total. The van der Waals surface area contributed by atoms with E-state index in [0.29, 0.717) is 33.6 Å². The van der Waals surface area contributed by atoms with Crippen molar-refractivity contribution in [3.8, 4) is 17.2 Å². The average Bonchev–Trinajstić information content (AvgIpc) is 3.16. The van der Waals surface area contributed by atoms with Crippen LogP contribution in [-0.2, 0) is 0 Å². The molecular weight excluding hydrogens is 407 g/mol. The Bertz CT molecular complexity index is 938. The molecule has 0 saturated heterocycles. The zero-order valence-electron chi connectivity index (χ0n) is 15.3. The lowest BCUT2D eigenvalue weighted by atomic mass is 10.1. The smallest absolute Gasteiger partial charge is 0.212 e. The zero-order valence-corrected chi connectivity index (χ0v) is 16.9. The van der Waals surface area contributed by atoms with Gasteiger partial charge in [0.1, 0.15) is 11.5 Å². The molecule has 0 amide bonds. The summed E-state index contributed by atoms with van der Waals surface area (Å²) >= 11 is 1.28. The van der Waals surface area contributed by atoms with E-state index < -0.39 is 0 Å². The number of hydrogen-bond donors (Lipinski definition) is 1. The number of ketones is 1. The Morgan fingerprint density at radius 3 is 2.18 bits per heavy atom. The second-order valence-corrected chi connectivity index (χ2v) is 6.27. The molecule has 3 rings (SSSR count). The number of thiazole rings is 1. The lowest BCUT2D eigenvalue weighted by Gasteiger charge is -2.13. The number of ether oxygens (including phenoxy) is 3. The fourth-order valence-corrected chi connectivity index (χ4v) is 3.16. The van der Waals surface area contributed by atoms with Crippen molar-refractivity contribution in [3.05, 3.63) is 58.9 Å². The minimum Gasteiger partial charge on any atom is -0.493 e. The normalized spacial score (nSPS) is 10.0. The quantitative estimate of drug-likeness (QED) is 0.554. The summed E-state index contributed by atoms with van der Waals surface area (Å²) < 4.78 is 28.8. The van der Waals surface area contributed by atoms with E-state index in [0.717, 1.165) is 0 Å². The molecule has 3 aromatic rings. The first-order chi connectivity index (χ1) is 13.0. The Morgan fingerprint density at radius 2 is 1.64 bits per heavy atom. The van der Waals surface area contributed by atoms with E-state index in [2.05, 4.69) is 10.3 Å². The van der Waals surface area contributed by atoms with Crippen molar-refractivity contribution in [1.82, 2.24) is 4.98 Å². The number of halogens is 2. The zero-order chi connectivity index (χ0) is 19.4. The van der Waals surface area contributed by atoms with Gasteiger partial charge in [-0.25, -0.2) is 9.37 Å². The molecule has 0 spiro atoms. The van der Waals surface area contributed by atoms with Crippen molar-refractivity contribution in [2.24, 2.45) is 0 Å². The van der Waals surface area contributed by atoms with E-state index in [-0.39, 0.29) is 29.7 Å². The molecule has 0 fully saturated rings. The molecule has 148 valence electrons. The Balaban J connectivity index is 0.00000280. The highest BCUT2D eigenvalue weighted by atomic mass is 35.5. The van der Waals surface area contributed by atoms with E-state index in [9.17, 15) is 9.18 Å². The fourth-order valence-electron chi connectivity index (χ4n) is 2.45. The molecule has 1 heterocycles. The summed E-state index contributed by atoms with van der Waals surface area (Å²) in [5, 5.41) is 5.22. The van der Waals surface area contributed by atoms with Gasteiger partial charge in [0.15, 0.2) is 16.6 Å². The summed E-state index contributed by atoms with van der Waals surface area (Å²) in [6.45, 7) is 0. The van der Waals surface area contributed by atoms with Crippen LogP contribution in [0.4, 0.5) is 15.2 Å². The molecule has 0 unspecified atom stereocenters. The Morgan fingerprint density at radius 1 is 1.04 bits per heavy atom. The number of nitrogens with zero attached hydrogens (tertiary/aromatic N) is 1. The van der Waals surface area contributed by atoms with E-state index >= 15 is 0 Å². The standard InChI is InChI=1S/C19H17FN2O4S.ClH/c1-24-15-8-11(9-16(25-2)18(15)26-3)17(23)14-10-27-19(22-14)21-13-6-4-12(20)5-7-13;/h4-10H,1-3H3,(H,21,22);1H. The third-order valence-corrected chi connectivity index (χ3v) is 4.52. The van der Waals surface area contributed by atoms with Gasteiger partial charge in [-0.3, -0.25) is 4.79 Å². The number of hydrogen-bond acceptors (Lipinski definition) is 7. The van der Waals surface area contributed by atoms with Crippen molar-refractivity contribution in [2.75, 3.05) is 26.6 Å². The third kappa shape index (κ3) is 4.52. The van der Waals surface area contributed by atoms with Crippen molar-refractivity contribution in [1.29, 1.82) is 0 Å². The number of benzene rings is 2. The predicted molar refractivity (Wildman–Crippen MR) is 109 cm³/mol. The molecule has 0 aliphatic rings. The van der Waals surface area contributed by atoms with E-state index in [1.165, 1.54) is 44.8 Å². The molecule has 9 heteroatoms. The van der Waals surface area contributed by atoms with Crippen LogP contribution in [0.15, 0.2) is 41.8 Å². The van der Waals surface area contributed by atoms with E-state index in [4.69, 9.17) is 14.2 Å². The molecule has 0 bridgehead atoms. The van der Waals surface area contributed by atoms with Crippen LogP contribution in [0.25, 0.3) is 0 Å². The molecular formula is C19H18ClFN2O4S. The van der Waals surface area contributed by atoms with E-state index in [1.807, 2.05) is 0 Å². The number of carbonyl (C=O) groups excluding carboxylic acids is 1. The summed E-state index contributed by atoms with van der Waals surface area (Å²) in [5.41, 5.74) is 1.32. The Labute approximate surface area is 171 Å². The first-order valence-corrected chi connectivity index (χ1v) is 8.76. The minimum atomic E-state index is -0.321. The highest BCUT2D eigenvalue weighted by Gasteiger charge is 2.20. The lowest BCUT2D eigenvalue weighted by Crippen LogP contribution is -2.05. The van der Waals surface area contributed by atoms with Crippen LogP contribution in [0.3, 0.4) is 0 Å². The minimum absolute atomic E-state index is 0. The number of rotatable bonds is 7. The third-order valence-electron chi connectivity index (χ3n) is 3.76. The molecule has 0 saturated carbocycles. The summed E-state index contributed by atoms with van der Waals surface area (Å²) in [7, 11) is 4.47. The molecule has 28 heavy (non-hydrogen) atoms. The van der Waals surface area contributed by atoms with Crippen molar-refractivity contribution < 1.29 is 23.4 Å². The molecule has 0 aliphatic carbocycles. The average molecular weight is 425 g/mol. The van der Waals surface area contributed by atoms with Crippen molar-refractivity contribution >= 4 is 40.3 Å². The number of methoxy groups -OCH3 is 3. The van der Waals surface area contributed by atoms with Crippen LogP contribution < -0.4 is 19.5 Å². The second kappa shape index (κ2) is 9.38. The van der Waals surface area contributed by atoms with Gasteiger partial charge >= 0.3 is 0 Å². The highest BCUT2D eigenvalue weighted by molar-refractivity contribution is 7.14. The van der Waals surface area contributed by atoms with Crippen LogP contribution in [0.5, 0.6) is 17.2 Å². The highest BCUT2D eigenvalue weighted by Crippen LogP contribution is 2.38. The second-order valence-electron chi connectivity index (χ2n) is 5.41. The van der Waals surface area contributed by atoms with Gasteiger partial charge in [-0.1, -0.05) is 0 Å². The van der Waals surface area contributed by atoms with Crippen molar-refractivity contribution in [2.45, 2.75) is 0 Å². The first-order valence-electron chi connectivity index (χ1n) is 7.88. The number of carbonyl (C=O) groups is 1. The summed E-state index contributed by atoms with van der Waals surface area (Å²) in [4.78, 5) is 17.1. The topological polar surface area (TPSA) is 69.7 Å². The van der Waals surface area contributed by atoms with Gasteiger partial charge in [-0.2, -0.15) is 0 Å². The van der Waals surface area contributed by atoms with Crippen LogP contribution in [0.1, 0.15) is 16.1 Å². The molecule has 0 aliphatic heterocycles. The van der Waals surface area contributed by atoms with Crippen molar-refractivity contribution in [3.63, 3.8) is 0 Å². The predicted octanol–water partition coefficient (Wildman–Crippen LogP) is 4.70. The fraction of sp³-hybridized carbons (Fsp3) is 0.158. The Hall–Kier alpha value is -2.84. The molecule has 1 N–H and O–H groups in total. The van der Waals surface area contributed by atoms with Gasteiger partial charge in [0.2, 0.25) is 11.5 Å². The monoisotopic (exact) mass is 424 g/mol. The molecule has 2 aromatic carbocycles. The molecule has 0 radical (unpaired) electrons. The summed E-state index contributed by atoms with van der Waals surface area (Å²) in [5.74, 6) is 0.587. The van der Waals surface area contributed by atoms with Gasteiger partial charge in [-0.05, 0) is 36.4 Å². The van der Waals surface area contributed by atoms with Gasteiger partial charge in [0.05, 0.1) is 21.3 Å². The molecule has 1 aromatic heterocycles. The van der Waals surface area contributed by atoms with Crippen LogP contribution in [0, 0.1) is 5.82 Å². The summed E-state index contributed by atoms with van der Waals surface area (Å²) in [6, 6.07) is 9.04. The van der Waals surface area contributed by atoms with Crippen LogP contribution in [-0.4, -0.2) is 32.1 Å². The van der Waals surface area contributed by atoms with Gasteiger partial charge in [0, 0.05) is 16.6 Å². The van der Waals surface area contributed by atoms with Crippen LogP contribution >= 0.6 is 23.7 Å². The number of nitrogens with one attached hydrogen (secondary N) is 1. The maximum Gasteiger partial charge on any atom is 0.212 e. The Kier molecular flexibility index (Phi) is 7.19. The van der Waals surface area contributed by atoms with Gasteiger partial charge in [-0.15, -0.1) is 23.7 Å².